The molecular formula is C12H16N2O6. The number of imide groups is 1. The molecule has 2 fully saturated rings. The van der Waals surface area contributed by atoms with E-state index in [0.29, 0.717) is 0 Å². The Morgan fingerprint density at radius 1 is 1.20 bits per heavy atom. The predicted octanol–water partition coefficient (Wildman–Crippen LogP) is -1.43. The summed E-state index contributed by atoms with van der Waals surface area (Å²) in [5.74, 6) is -2.25. The number of carbonyl (C=O) groups is 4. The van der Waals surface area contributed by atoms with Crippen molar-refractivity contribution < 1.29 is 29.4 Å². The molecule has 110 valence electrons. The lowest BCUT2D eigenvalue weighted by Gasteiger charge is -2.22. The number of aliphatic carboxylic acids is 1. The Morgan fingerprint density at radius 3 is 2.35 bits per heavy atom. The minimum Gasteiger partial charge on any atom is -0.480 e. The van der Waals surface area contributed by atoms with E-state index in [0.717, 1.165) is 9.80 Å². The minimum absolute atomic E-state index is 0.00263. The zero-order chi connectivity index (χ0) is 14.9. The fourth-order valence-electron chi connectivity index (χ4n) is 2.55. The Bertz CT molecular complexity index is 447. The predicted molar refractivity (Wildman–Crippen MR) is 64.3 cm³/mol. The van der Waals surface area contributed by atoms with Gasteiger partial charge in [0.15, 0.2) is 0 Å². The topological polar surface area (TPSA) is 115 Å². The Balaban J connectivity index is 1.93. The number of aliphatic hydroxyl groups is 1. The number of nitrogens with zero attached hydrogens (tertiary/aromatic N) is 2. The molecule has 3 amide bonds. The Morgan fingerprint density at radius 2 is 1.80 bits per heavy atom. The van der Waals surface area contributed by atoms with Crippen molar-refractivity contribution in [2.24, 2.45) is 0 Å². The van der Waals surface area contributed by atoms with Gasteiger partial charge in [0.2, 0.25) is 17.7 Å². The van der Waals surface area contributed by atoms with E-state index in [-0.39, 0.29) is 50.6 Å². The zero-order valence-electron chi connectivity index (χ0n) is 10.8. The average molecular weight is 284 g/mol. The lowest BCUT2D eigenvalue weighted by atomic mass is 10.2. The summed E-state index contributed by atoms with van der Waals surface area (Å²) < 4.78 is 0. The molecule has 0 unspecified atom stereocenters. The van der Waals surface area contributed by atoms with Crippen LogP contribution < -0.4 is 0 Å². The number of hydrogen-bond acceptors (Lipinski definition) is 5. The van der Waals surface area contributed by atoms with Gasteiger partial charge in [-0.3, -0.25) is 19.3 Å². The maximum Gasteiger partial charge on any atom is 0.326 e. The van der Waals surface area contributed by atoms with Gasteiger partial charge in [-0.25, -0.2) is 4.79 Å². The summed E-state index contributed by atoms with van der Waals surface area (Å²) in [5, 5.41) is 18.4. The number of hydrogen-bond donors (Lipinski definition) is 2. The van der Waals surface area contributed by atoms with Gasteiger partial charge in [0.25, 0.3) is 0 Å². The normalized spacial score (nSPS) is 26.4. The van der Waals surface area contributed by atoms with Gasteiger partial charge in [-0.15, -0.1) is 0 Å². The van der Waals surface area contributed by atoms with Crippen LogP contribution in [0, 0.1) is 0 Å². The molecule has 2 rings (SSSR count). The van der Waals surface area contributed by atoms with E-state index in [2.05, 4.69) is 0 Å². The molecule has 0 saturated carbocycles. The lowest BCUT2D eigenvalue weighted by Crippen LogP contribution is -2.42. The van der Waals surface area contributed by atoms with Crippen molar-refractivity contribution in [3.05, 3.63) is 0 Å². The summed E-state index contributed by atoms with van der Waals surface area (Å²) in [6.45, 7) is -0.0624. The first kappa shape index (κ1) is 14.4. The van der Waals surface area contributed by atoms with Gasteiger partial charge >= 0.3 is 5.97 Å². The fourth-order valence-corrected chi connectivity index (χ4v) is 2.55. The zero-order valence-corrected chi connectivity index (χ0v) is 10.8. The highest BCUT2D eigenvalue weighted by Crippen LogP contribution is 2.20. The Labute approximate surface area is 114 Å². The van der Waals surface area contributed by atoms with Crippen molar-refractivity contribution in [2.75, 3.05) is 13.1 Å². The molecule has 8 heteroatoms. The molecule has 8 nitrogen and oxygen atoms in total. The molecule has 0 aliphatic carbocycles. The number of carbonyl (C=O) groups excluding carboxylic acids is 3. The molecule has 20 heavy (non-hydrogen) atoms. The molecule has 2 N–H and O–H groups in total. The monoisotopic (exact) mass is 284 g/mol. The quantitative estimate of drug-likeness (QED) is 0.612. The standard InChI is InChI=1S/C12H16N2O6/c15-7-5-8(12(19)20)14(6-7)11(18)3-4-13-9(16)1-2-10(13)17/h7-8,15H,1-6H2,(H,19,20)/t7-,8-/m1/s1. The van der Waals surface area contributed by atoms with Gasteiger partial charge < -0.3 is 15.1 Å². The SMILES string of the molecule is O=C(O)[C@H]1C[C@@H](O)CN1C(=O)CCN1C(=O)CCC1=O. The van der Waals surface area contributed by atoms with E-state index in [9.17, 15) is 24.3 Å². The van der Waals surface area contributed by atoms with Gasteiger partial charge in [-0.2, -0.15) is 0 Å². The van der Waals surface area contributed by atoms with E-state index < -0.39 is 24.0 Å². The van der Waals surface area contributed by atoms with Crippen LogP contribution in [0.2, 0.25) is 0 Å². The number of β-amino-alcohol motifs (C(OH)–C–C–N with tert-alkyl or cyclic N) is 1. The van der Waals surface area contributed by atoms with Gasteiger partial charge in [0.05, 0.1) is 6.10 Å². The Hall–Kier alpha value is -1.96. The summed E-state index contributed by atoms with van der Waals surface area (Å²) in [5.41, 5.74) is 0. The largest absolute Gasteiger partial charge is 0.480 e. The molecule has 0 aromatic heterocycles. The molecule has 0 spiro atoms. The lowest BCUT2D eigenvalue weighted by molar-refractivity contribution is -0.149. The first-order valence-electron chi connectivity index (χ1n) is 6.43. The second kappa shape index (κ2) is 5.58. The third kappa shape index (κ3) is 2.79. The van der Waals surface area contributed by atoms with Crippen LogP contribution >= 0.6 is 0 Å². The molecule has 0 bridgehead atoms. The number of carboxylic acid groups (broad SMARTS) is 1. The summed E-state index contributed by atoms with van der Waals surface area (Å²) in [6.07, 6.45) is -0.646. The molecule has 2 atom stereocenters. The molecule has 2 saturated heterocycles. The summed E-state index contributed by atoms with van der Waals surface area (Å²) in [6, 6.07) is -1.04. The van der Waals surface area contributed by atoms with Crippen LogP contribution in [0.3, 0.4) is 0 Å². The summed E-state index contributed by atoms with van der Waals surface area (Å²) in [7, 11) is 0. The average Bonchev–Trinajstić information content (AvgIpc) is 2.91. The third-order valence-electron chi connectivity index (χ3n) is 3.59. The number of rotatable bonds is 4. The van der Waals surface area contributed by atoms with E-state index in [1.165, 1.54) is 0 Å². The highest BCUT2D eigenvalue weighted by molar-refractivity contribution is 6.02. The Kier molecular flexibility index (Phi) is 4.03. The third-order valence-corrected chi connectivity index (χ3v) is 3.59. The van der Waals surface area contributed by atoms with Gasteiger partial charge in [-0.1, -0.05) is 0 Å². The van der Waals surface area contributed by atoms with E-state index >= 15 is 0 Å². The highest BCUT2D eigenvalue weighted by Gasteiger charge is 2.39. The first-order valence-corrected chi connectivity index (χ1v) is 6.43. The molecule has 2 aliphatic heterocycles. The number of carboxylic acids is 1. The maximum atomic E-state index is 12.0. The summed E-state index contributed by atoms with van der Waals surface area (Å²) in [4.78, 5) is 47.9. The van der Waals surface area contributed by atoms with Crippen LogP contribution in [-0.4, -0.2) is 68.9 Å². The minimum atomic E-state index is -1.16. The fraction of sp³-hybridized carbons (Fsp3) is 0.667. The van der Waals surface area contributed by atoms with Crippen LogP contribution in [0.5, 0.6) is 0 Å². The second-order valence-electron chi connectivity index (χ2n) is 4.98. The van der Waals surface area contributed by atoms with Gasteiger partial charge in [0, 0.05) is 38.8 Å². The van der Waals surface area contributed by atoms with Crippen molar-refractivity contribution >= 4 is 23.7 Å². The molecule has 0 aromatic carbocycles. The number of aliphatic hydroxyl groups excluding tert-OH is 1. The second-order valence-corrected chi connectivity index (χ2v) is 4.98. The van der Waals surface area contributed by atoms with Crippen molar-refractivity contribution in [1.29, 1.82) is 0 Å². The first-order chi connectivity index (χ1) is 9.40. The molecule has 2 aliphatic rings. The maximum absolute atomic E-state index is 12.0. The van der Waals surface area contributed by atoms with Crippen LogP contribution in [0.15, 0.2) is 0 Å². The van der Waals surface area contributed by atoms with E-state index in [1.54, 1.807) is 0 Å². The van der Waals surface area contributed by atoms with Crippen molar-refractivity contribution in [2.45, 2.75) is 37.8 Å². The highest BCUT2D eigenvalue weighted by atomic mass is 16.4. The number of amides is 3. The van der Waals surface area contributed by atoms with Gasteiger partial charge in [-0.05, 0) is 0 Å². The number of likely N-dealkylation sites (tertiary alicyclic amines) is 2. The smallest absolute Gasteiger partial charge is 0.326 e. The van der Waals surface area contributed by atoms with Crippen LogP contribution in [-0.2, 0) is 19.2 Å². The van der Waals surface area contributed by atoms with E-state index in [4.69, 9.17) is 5.11 Å². The van der Waals surface area contributed by atoms with E-state index in [1.807, 2.05) is 0 Å². The molecule has 2 heterocycles. The molecule has 0 aromatic rings. The van der Waals surface area contributed by atoms with Crippen molar-refractivity contribution in [3.8, 4) is 0 Å². The van der Waals surface area contributed by atoms with Crippen LogP contribution in [0.1, 0.15) is 25.7 Å². The van der Waals surface area contributed by atoms with Gasteiger partial charge in [0.1, 0.15) is 6.04 Å². The van der Waals surface area contributed by atoms with Crippen molar-refractivity contribution in [3.63, 3.8) is 0 Å². The molecule has 0 radical (unpaired) electrons. The van der Waals surface area contributed by atoms with Crippen LogP contribution in [0.4, 0.5) is 0 Å². The summed E-state index contributed by atoms with van der Waals surface area (Å²) >= 11 is 0. The van der Waals surface area contributed by atoms with Crippen LogP contribution in [0.25, 0.3) is 0 Å². The molecular weight excluding hydrogens is 268 g/mol. The van der Waals surface area contributed by atoms with Crippen molar-refractivity contribution in [1.82, 2.24) is 9.80 Å².